The van der Waals surface area contributed by atoms with Crippen LogP contribution in [0.4, 0.5) is 0 Å². The topological polar surface area (TPSA) is 142 Å². The van der Waals surface area contributed by atoms with Crippen LogP contribution in [0.3, 0.4) is 0 Å². The van der Waals surface area contributed by atoms with E-state index in [-0.39, 0.29) is 48.6 Å². The van der Waals surface area contributed by atoms with Crippen LogP contribution in [0.5, 0.6) is 5.75 Å². The zero-order chi connectivity index (χ0) is 33.4. The number of ether oxygens (including phenoxy) is 2. The van der Waals surface area contributed by atoms with E-state index in [1.807, 2.05) is 38.1 Å². The normalized spacial score (nSPS) is 14.2. The van der Waals surface area contributed by atoms with Crippen molar-refractivity contribution in [1.29, 1.82) is 0 Å². The third-order valence-corrected chi connectivity index (χ3v) is 9.64. The minimum absolute atomic E-state index is 0. The summed E-state index contributed by atoms with van der Waals surface area (Å²) >= 11 is 1.29. The van der Waals surface area contributed by atoms with E-state index in [4.69, 9.17) is 14.6 Å². The molecule has 1 aliphatic rings. The summed E-state index contributed by atoms with van der Waals surface area (Å²) in [5, 5.41) is 21.4. The highest BCUT2D eigenvalue weighted by atomic mass is 127. The molecular formula is C33H47IN6O6S. The first-order valence-electron chi connectivity index (χ1n) is 15.9. The van der Waals surface area contributed by atoms with E-state index in [1.54, 1.807) is 37.9 Å². The van der Waals surface area contributed by atoms with Gasteiger partial charge in [0.2, 0.25) is 5.91 Å². The lowest BCUT2D eigenvalue weighted by Gasteiger charge is -2.29. The van der Waals surface area contributed by atoms with E-state index in [0.717, 1.165) is 61.2 Å². The Labute approximate surface area is 296 Å². The third kappa shape index (κ3) is 8.69. The number of benzene rings is 1. The molecule has 258 valence electrons. The van der Waals surface area contributed by atoms with Crippen molar-refractivity contribution in [2.75, 3.05) is 20.3 Å². The summed E-state index contributed by atoms with van der Waals surface area (Å²) in [6.45, 7) is 10.9. The molecule has 1 saturated heterocycles. The number of para-hydroxylation sites is 1. The Bertz CT molecular complexity index is 1730. The molecule has 1 unspecified atom stereocenters. The van der Waals surface area contributed by atoms with Gasteiger partial charge >= 0.3 is 5.69 Å². The number of nitrogens with one attached hydrogen (secondary N) is 1. The monoisotopic (exact) mass is 782 g/mol. The average Bonchev–Trinajstić information content (AvgIpc) is 3.69. The molecule has 1 aromatic carbocycles. The predicted molar refractivity (Wildman–Crippen MR) is 195 cm³/mol. The third-order valence-electron chi connectivity index (χ3n) is 8.36. The maximum atomic E-state index is 14.1. The van der Waals surface area contributed by atoms with Crippen molar-refractivity contribution in [2.45, 2.75) is 97.4 Å². The van der Waals surface area contributed by atoms with E-state index in [0.29, 0.717) is 27.2 Å². The molecule has 0 spiro atoms. The van der Waals surface area contributed by atoms with Gasteiger partial charge in [-0.1, -0.05) is 49.8 Å². The maximum absolute atomic E-state index is 14.1. The standard InChI is InChI=1S/C28H36N6O4S.C5H10O2.HI/c1-7-11-20(8-2)31-26(36)28(4,5)33-23(35)22-18(3)24(34-29-15-16-30-34)39-25(22)32(27(33)37)17-14-19-12-9-10-13-21(19)38-6;6-5-1-3-7-4-2-5;/h9-10,12-13,15-16,20H,7-8,11,14,17H2,1-6H3,(H,31,36);5-6H,1-4H2;1H. The number of aryl methyl sites for hydroxylation is 3. The number of fused-ring (bicyclic) bond motifs is 1. The van der Waals surface area contributed by atoms with Crippen molar-refractivity contribution < 1.29 is 19.4 Å². The highest BCUT2D eigenvalue weighted by Gasteiger charge is 2.36. The zero-order valence-electron chi connectivity index (χ0n) is 28.0. The number of hydrogen-bond acceptors (Lipinski definition) is 9. The lowest BCUT2D eigenvalue weighted by Crippen LogP contribution is -2.57. The SMILES string of the molecule is CCCC(CC)NC(=O)C(C)(C)n1c(=O)c2c(C)c(-n3nccn3)sc2n(CCc2ccccc2OC)c1=O.I.OC1CCOCC1. The van der Waals surface area contributed by atoms with Gasteiger partial charge in [0.1, 0.15) is 21.1 Å². The Kier molecular flexibility index (Phi) is 14.2. The summed E-state index contributed by atoms with van der Waals surface area (Å²) < 4.78 is 13.2. The molecule has 47 heavy (non-hydrogen) atoms. The summed E-state index contributed by atoms with van der Waals surface area (Å²) in [6, 6.07) is 7.60. The molecule has 12 nitrogen and oxygen atoms in total. The van der Waals surface area contributed by atoms with Gasteiger partial charge in [0, 0.05) is 31.4 Å². The van der Waals surface area contributed by atoms with Gasteiger partial charge in [-0.25, -0.2) is 9.36 Å². The molecule has 0 bridgehead atoms. The number of carbonyl (C=O) groups excluding carboxylic acids is 1. The molecule has 1 amide bonds. The van der Waals surface area contributed by atoms with Crippen LogP contribution in [0.2, 0.25) is 0 Å². The fourth-order valence-corrected chi connectivity index (χ4v) is 6.79. The number of aromatic nitrogens is 5. The number of rotatable bonds is 11. The number of methoxy groups -OCH3 is 1. The van der Waals surface area contributed by atoms with Crippen LogP contribution in [-0.4, -0.2) is 67.6 Å². The highest BCUT2D eigenvalue weighted by molar-refractivity contribution is 14.0. The number of thiophene rings is 1. The van der Waals surface area contributed by atoms with E-state index in [2.05, 4.69) is 22.4 Å². The van der Waals surface area contributed by atoms with Crippen molar-refractivity contribution in [3.63, 3.8) is 0 Å². The van der Waals surface area contributed by atoms with Gasteiger partial charge in [0.25, 0.3) is 5.56 Å². The fraction of sp³-hybridized carbons (Fsp3) is 0.545. The Morgan fingerprint density at radius 3 is 2.40 bits per heavy atom. The van der Waals surface area contributed by atoms with Crippen LogP contribution in [0.1, 0.15) is 70.9 Å². The van der Waals surface area contributed by atoms with Crippen LogP contribution >= 0.6 is 35.3 Å². The summed E-state index contributed by atoms with van der Waals surface area (Å²) in [5.74, 6) is 0.361. The molecule has 1 fully saturated rings. The summed E-state index contributed by atoms with van der Waals surface area (Å²) in [6.07, 6.45) is 7.66. The number of hydrogen-bond donors (Lipinski definition) is 2. The molecule has 4 heterocycles. The molecule has 5 rings (SSSR count). The lowest BCUT2D eigenvalue weighted by atomic mass is 10.0. The first kappa shape index (κ1) is 38.4. The minimum Gasteiger partial charge on any atom is -0.496 e. The molecule has 0 saturated carbocycles. The van der Waals surface area contributed by atoms with Crippen LogP contribution in [0, 0.1) is 6.92 Å². The molecule has 2 N–H and O–H groups in total. The van der Waals surface area contributed by atoms with Crippen LogP contribution in [-0.2, 0) is 28.0 Å². The highest BCUT2D eigenvalue weighted by Crippen LogP contribution is 2.31. The van der Waals surface area contributed by atoms with Crippen molar-refractivity contribution >= 4 is 51.4 Å². The van der Waals surface area contributed by atoms with Gasteiger partial charge in [-0.05, 0) is 64.5 Å². The molecule has 0 aliphatic carbocycles. The van der Waals surface area contributed by atoms with E-state index in [1.165, 1.54) is 16.1 Å². The van der Waals surface area contributed by atoms with Crippen molar-refractivity contribution in [2.24, 2.45) is 0 Å². The molecule has 4 aromatic rings. The van der Waals surface area contributed by atoms with Crippen LogP contribution in [0.15, 0.2) is 46.2 Å². The van der Waals surface area contributed by atoms with Gasteiger partial charge in [-0.2, -0.15) is 10.2 Å². The van der Waals surface area contributed by atoms with Crippen molar-refractivity contribution in [3.8, 4) is 10.8 Å². The summed E-state index contributed by atoms with van der Waals surface area (Å²) in [4.78, 5) is 43.6. The fourth-order valence-electron chi connectivity index (χ4n) is 5.55. The number of amides is 1. The molecular weight excluding hydrogens is 735 g/mol. The van der Waals surface area contributed by atoms with E-state index in [9.17, 15) is 14.4 Å². The van der Waals surface area contributed by atoms with Crippen molar-refractivity contribution in [3.05, 3.63) is 68.6 Å². The Balaban J connectivity index is 0.000000665. The summed E-state index contributed by atoms with van der Waals surface area (Å²) in [5.41, 5.74) is -0.868. The Hall–Kier alpha value is -3.08. The maximum Gasteiger partial charge on any atom is 0.333 e. The van der Waals surface area contributed by atoms with Crippen molar-refractivity contribution in [1.82, 2.24) is 29.4 Å². The van der Waals surface area contributed by atoms with Gasteiger partial charge < -0.3 is 19.9 Å². The molecule has 0 radical (unpaired) electrons. The smallest absolute Gasteiger partial charge is 0.333 e. The molecule has 3 aromatic heterocycles. The average molecular weight is 783 g/mol. The number of carbonyl (C=O) groups is 1. The number of aliphatic hydroxyl groups is 1. The molecule has 14 heteroatoms. The quantitative estimate of drug-likeness (QED) is 0.211. The second-order valence-electron chi connectivity index (χ2n) is 11.9. The van der Waals surface area contributed by atoms with E-state index >= 15 is 0 Å². The first-order valence-corrected chi connectivity index (χ1v) is 16.7. The van der Waals surface area contributed by atoms with Gasteiger partial charge in [-0.3, -0.25) is 14.2 Å². The number of nitrogens with zero attached hydrogens (tertiary/aromatic N) is 5. The molecule has 1 aliphatic heterocycles. The zero-order valence-corrected chi connectivity index (χ0v) is 31.2. The van der Waals surface area contributed by atoms with E-state index < -0.39 is 16.8 Å². The Morgan fingerprint density at radius 1 is 1.17 bits per heavy atom. The second kappa shape index (κ2) is 17.4. The van der Waals surface area contributed by atoms with Crippen LogP contribution < -0.4 is 21.3 Å². The second-order valence-corrected chi connectivity index (χ2v) is 12.9. The lowest BCUT2D eigenvalue weighted by molar-refractivity contribution is -0.129. The number of halogens is 1. The number of aliphatic hydroxyl groups excluding tert-OH is 1. The molecule has 1 atom stereocenters. The van der Waals surface area contributed by atoms with Gasteiger partial charge in [-0.15, -0.1) is 28.8 Å². The largest absolute Gasteiger partial charge is 0.496 e. The Morgan fingerprint density at radius 2 is 1.83 bits per heavy atom. The predicted octanol–water partition coefficient (Wildman–Crippen LogP) is 4.57. The van der Waals surface area contributed by atoms with Gasteiger partial charge in [0.15, 0.2) is 0 Å². The first-order chi connectivity index (χ1) is 22.0. The van der Waals surface area contributed by atoms with Crippen LogP contribution in [0.25, 0.3) is 15.2 Å². The van der Waals surface area contributed by atoms with Gasteiger partial charge in [0.05, 0.1) is 31.0 Å². The summed E-state index contributed by atoms with van der Waals surface area (Å²) in [7, 11) is 1.61. The minimum atomic E-state index is -1.42.